The minimum Gasteiger partial charge on any atom is -0.501 e. The summed E-state index contributed by atoms with van der Waals surface area (Å²) in [7, 11) is 3.33. The highest BCUT2D eigenvalue weighted by atomic mass is 35.5. The van der Waals surface area contributed by atoms with Gasteiger partial charge >= 0.3 is 0 Å². The normalized spacial score (nSPS) is 18.5. The Balaban J connectivity index is 1.84. The molecule has 0 atom stereocenters. The van der Waals surface area contributed by atoms with Gasteiger partial charge in [-0.2, -0.15) is 0 Å². The van der Waals surface area contributed by atoms with Gasteiger partial charge in [-0.1, -0.05) is 25.1 Å². The van der Waals surface area contributed by atoms with E-state index in [2.05, 4.69) is 11.6 Å². The lowest BCUT2D eigenvalue weighted by Crippen LogP contribution is -2.51. The molecule has 8 heteroatoms. The largest absolute Gasteiger partial charge is 0.501 e. The fourth-order valence-electron chi connectivity index (χ4n) is 5.15. The zero-order chi connectivity index (χ0) is 24.8. The van der Waals surface area contributed by atoms with Crippen LogP contribution in [0.15, 0.2) is 47.1 Å². The molecule has 2 heterocycles. The number of H-pyrrole nitrogens is 1. The lowest BCUT2D eigenvalue weighted by atomic mass is 9.55. The third-order valence-electron chi connectivity index (χ3n) is 7.36. The highest BCUT2D eigenvalue weighted by molar-refractivity contribution is 6.35. The lowest BCUT2D eigenvalue weighted by molar-refractivity contribution is 0.137. The molecule has 0 aliphatic heterocycles. The molecule has 0 unspecified atom stereocenters. The predicted molar refractivity (Wildman–Crippen MR) is 139 cm³/mol. The van der Waals surface area contributed by atoms with Gasteiger partial charge in [0.2, 0.25) is 0 Å². The number of rotatable bonds is 8. The zero-order valence-corrected chi connectivity index (χ0v) is 21.0. The molecular formula is C26H32ClN5O2. The van der Waals surface area contributed by atoms with Crippen LogP contribution in [0.4, 0.5) is 0 Å². The predicted octanol–water partition coefficient (Wildman–Crippen LogP) is 5.57. The van der Waals surface area contributed by atoms with Crippen LogP contribution in [0.5, 0.6) is 0 Å². The van der Waals surface area contributed by atoms with Gasteiger partial charge in [0, 0.05) is 30.0 Å². The molecule has 2 aromatic rings. The number of aromatic amines is 1. The number of hydrogen-bond acceptors (Lipinski definition) is 4. The van der Waals surface area contributed by atoms with E-state index in [9.17, 15) is 4.79 Å². The highest BCUT2D eigenvalue weighted by Gasteiger charge is 2.64. The molecule has 180 valence electrons. The van der Waals surface area contributed by atoms with E-state index >= 15 is 0 Å². The molecule has 34 heavy (non-hydrogen) atoms. The molecule has 0 bridgehead atoms. The van der Waals surface area contributed by atoms with Crippen LogP contribution in [0.2, 0.25) is 5.02 Å². The van der Waals surface area contributed by atoms with Crippen molar-refractivity contribution >= 4 is 40.4 Å². The Labute approximate surface area is 204 Å². The molecule has 0 amide bonds. The van der Waals surface area contributed by atoms with E-state index in [0.717, 1.165) is 49.7 Å². The second-order valence-corrected chi connectivity index (χ2v) is 10.1. The molecular weight excluding hydrogens is 450 g/mol. The third kappa shape index (κ3) is 3.92. The van der Waals surface area contributed by atoms with Crippen LogP contribution in [0.25, 0.3) is 16.6 Å². The van der Waals surface area contributed by atoms with E-state index in [4.69, 9.17) is 27.2 Å². The summed E-state index contributed by atoms with van der Waals surface area (Å²) >= 11 is 6.54. The number of aromatic nitrogens is 2. The van der Waals surface area contributed by atoms with Gasteiger partial charge in [-0.15, -0.1) is 0 Å². The molecule has 3 N–H and O–H groups in total. The monoisotopic (exact) mass is 481 g/mol. The summed E-state index contributed by atoms with van der Waals surface area (Å²) in [5, 5.41) is 17.8. The number of pyridine rings is 1. The van der Waals surface area contributed by atoms with Gasteiger partial charge in [-0.05, 0) is 68.2 Å². The van der Waals surface area contributed by atoms with Gasteiger partial charge in [0.05, 0.1) is 29.6 Å². The van der Waals surface area contributed by atoms with Gasteiger partial charge in [0.15, 0.2) is 0 Å². The van der Waals surface area contributed by atoms with Crippen LogP contribution >= 0.6 is 11.6 Å². The molecule has 1 spiro atoms. The van der Waals surface area contributed by atoms with Gasteiger partial charge < -0.3 is 14.6 Å². The summed E-state index contributed by atoms with van der Waals surface area (Å²) in [5.41, 5.74) is 2.18. The number of methoxy groups -OCH3 is 1. The second-order valence-electron chi connectivity index (χ2n) is 9.66. The molecule has 0 radical (unpaired) electrons. The Hall–Kier alpha value is -3.06. The van der Waals surface area contributed by atoms with Crippen molar-refractivity contribution in [2.24, 2.45) is 10.8 Å². The van der Waals surface area contributed by atoms with Crippen molar-refractivity contribution in [1.29, 1.82) is 10.8 Å². The Morgan fingerprint density at radius 1 is 1.38 bits per heavy atom. The van der Waals surface area contributed by atoms with Crippen molar-refractivity contribution in [2.75, 3.05) is 14.2 Å². The van der Waals surface area contributed by atoms with Crippen LogP contribution < -0.4 is 5.56 Å². The molecule has 7 nitrogen and oxygen atoms in total. The molecule has 2 aliphatic carbocycles. The van der Waals surface area contributed by atoms with E-state index < -0.39 is 5.41 Å². The fraction of sp³-hybridized carbons (Fsp3) is 0.423. The van der Waals surface area contributed by atoms with Gasteiger partial charge in [0.25, 0.3) is 5.56 Å². The molecule has 0 saturated heterocycles. The van der Waals surface area contributed by atoms with Crippen LogP contribution in [0.1, 0.15) is 45.2 Å². The zero-order valence-electron chi connectivity index (χ0n) is 20.2. The first-order valence-corrected chi connectivity index (χ1v) is 11.9. The van der Waals surface area contributed by atoms with Crippen molar-refractivity contribution in [2.45, 2.75) is 46.0 Å². The minimum atomic E-state index is -0.579. The SMILES string of the molecule is C=C(/C=C(\C=C(/C)OC)C1(C(=N)N(C)C=N)CC2(CC2)C1)n1cc(Cl)c2cc(CC)[nH]c2c1=O. The van der Waals surface area contributed by atoms with Crippen molar-refractivity contribution in [3.63, 3.8) is 0 Å². The first kappa shape index (κ1) is 24.1. The molecule has 0 aromatic carbocycles. The van der Waals surface area contributed by atoms with Gasteiger partial charge in [0.1, 0.15) is 11.4 Å². The number of aryl methyl sites for hydroxylation is 1. The smallest absolute Gasteiger partial charge is 0.279 e. The van der Waals surface area contributed by atoms with Crippen molar-refractivity contribution in [3.05, 3.63) is 63.4 Å². The molecule has 2 aliphatic rings. The van der Waals surface area contributed by atoms with E-state index in [1.54, 1.807) is 25.3 Å². The molecule has 2 saturated carbocycles. The number of fused-ring (bicyclic) bond motifs is 1. The summed E-state index contributed by atoms with van der Waals surface area (Å²) in [6, 6.07) is 1.91. The van der Waals surface area contributed by atoms with E-state index in [-0.39, 0.29) is 11.0 Å². The molecule has 2 aromatic heterocycles. The third-order valence-corrected chi connectivity index (χ3v) is 7.66. The van der Waals surface area contributed by atoms with Crippen LogP contribution in [-0.2, 0) is 11.2 Å². The Kier molecular flexibility index (Phi) is 6.10. The number of nitrogens with one attached hydrogen (secondary N) is 3. The van der Waals surface area contributed by atoms with Crippen LogP contribution in [0, 0.1) is 21.6 Å². The maximum Gasteiger partial charge on any atom is 0.279 e. The number of amidine groups is 1. The first-order chi connectivity index (χ1) is 16.1. The quantitative estimate of drug-likeness (QED) is 0.199. The average molecular weight is 482 g/mol. The topological polar surface area (TPSA) is 98.0 Å². The summed E-state index contributed by atoms with van der Waals surface area (Å²) in [4.78, 5) is 18.0. The Bertz CT molecular complexity index is 1300. The maximum absolute atomic E-state index is 13.3. The Morgan fingerprint density at radius 2 is 2.06 bits per heavy atom. The maximum atomic E-state index is 13.3. The number of hydrogen-bond donors (Lipinski definition) is 3. The number of nitrogens with zero attached hydrogens (tertiary/aromatic N) is 2. The van der Waals surface area contributed by atoms with Crippen LogP contribution in [-0.4, -0.2) is 40.8 Å². The Morgan fingerprint density at radius 3 is 2.62 bits per heavy atom. The summed E-state index contributed by atoms with van der Waals surface area (Å²) in [5.74, 6) is 1.05. The standard InChI is InChI=1S/C26H32ClN5O2/c1-6-19-11-20-21(27)12-32(23(33)22(20)30-19)16(2)9-18(10-17(3)34-5)26(24(29)31(4)15-28)13-25(14-26)7-8-25/h9-12,15,28-30H,2,6-8,13-14H2,1,3-5H3/b17-10+,18-9+,28-15?,29-24?. The molecule has 4 rings (SSSR count). The summed E-state index contributed by atoms with van der Waals surface area (Å²) < 4.78 is 6.91. The van der Waals surface area contributed by atoms with Crippen molar-refractivity contribution in [3.8, 4) is 0 Å². The minimum absolute atomic E-state index is 0.222. The number of ether oxygens (including phenoxy) is 1. The number of halogens is 1. The summed E-state index contributed by atoms with van der Waals surface area (Å²) in [6.07, 6.45) is 11.3. The second kappa shape index (κ2) is 8.62. The van der Waals surface area contributed by atoms with Gasteiger partial charge in [-0.3, -0.25) is 20.2 Å². The van der Waals surface area contributed by atoms with E-state index in [0.29, 0.717) is 33.2 Å². The van der Waals surface area contributed by atoms with Gasteiger partial charge in [-0.25, -0.2) is 0 Å². The average Bonchev–Trinajstić information content (AvgIpc) is 3.47. The van der Waals surface area contributed by atoms with Crippen molar-refractivity contribution in [1.82, 2.24) is 14.5 Å². The fourth-order valence-corrected chi connectivity index (χ4v) is 5.39. The van der Waals surface area contributed by atoms with Crippen molar-refractivity contribution < 1.29 is 4.74 Å². The lowest BCUT2D eigenvalue weighted by Gasteiger charge is -2.51. The van der Waals surface area contributed by atoms with E-state index in [1.807, 2.05) is 32.1 Å². The summed E-state index contributed by atoms with van der Waals surface area (Å²) in [6.45, 7) is 8.07. The van der Waals surface area contributed by atoms with E-state index in [1.165, 1.54) is 4.57 Å². The number of allylic oxidation sites excluding steroid dienone is 4. The van der Waals surface area contributed by atoms with Crippen LogP contribution in [0.3, 0.4) is 0 Å². The molecule has 2 fully saturated rings. The first-order valence-electron chi connectivity index (χ1n) is 11.5. The highest BCUT2D eigenvalue weighted by Crippen LogP contribution is 2.71.